The molecule has 6 heteroatoms. The average Bonchev–Trinajstić information content (AvgIpc) is 2.38. The maximum Gasteiger partial charge on any atom is 0.173 e. The van der Waals surface area contributed by atoms with Crippen molar-refractivity contribution in [2.75, 3.05) is 24.7 Å². The predicted molar refractivity (Wildman–Crippen MR) is 74.3 cm³/mol. The molecule has 0 amide bonds. The number of morpholine rings is 1. The fraction of sp³-hybridized carbons (Fsp3) is 0.417. The number of oxime groups is 1. The van der Waals surface area contributed by atoms with Gasteiger partial charge in [0, 0.05) is 22.7 Å². The molecular formula is C12H16BrN3O2. The number of nitrogens with two attached hydrogens (primary N) is 1. The molecule has 1 aromatic carbocycles. The molecule has 1 aromatic rings. The minimum Gasteiger partial charge on any atom is -0.409 e. The Morgan fingerprint density at radius 1 is 1.61 bits per heavy atom. The Labute approximate surface area is 114 Å². The fourth-order valence-corrected chi connectivity index (χ4v) is 2.70. The molecule has 18 heavy (non-hydrogen) atoms. The lowest BCUT2D eigenvalue weighted by atomic mass is 10.1. The quantitative estimate of drug-likeness (QED) is 0.378. The van der Waals surface area contributed by atoms with Crippen LogP contribution in [0.3, 0.4) is 0 Å². The zero-order valence-corrected chi connectivity index (χ0v) is 11.7. The van der Waals surface area contributed by atoms with Gasteiger partial charge in [-0.15, -0.1) is 0 Å². The first kappa shape index (κ1) is 13.2. The molecule has 1 unspecified atom stereocenters. The van der Waals surface area contributed by atoms with Crippen molar-refractivity contribution in [3.05, 3.63) is 28.2 Å². The summed E-state index contributed by atoms with van der Waals surface area (Å²) in [4.78, 5) is 2.21. The van der Waals surface area contributed by atoms with Crippen LogP contribution in [0.1, 0.15) is 12.5 Å². The van der Waals surface area contributed by atoms with Gasteiger partial charge in [-0.05, 0) is 35.0 Å². The normalized spacial score (nSPS) is 21.1. The maximum atomic E-state index is 8.90. The van der Waals surface area contributed by atoms with Crippen molar-refractivity contribution in [1.29, 1.82) is 0 Å². The van der Waals surface area contributed by atoms with Gasteiger partial charge in [-0.2, -0.15) is 0 Å². The summed E-state index contributed by atoms with van der Waals surface area (Å²) >= 11 is 3.45. The number of anilines is 1. The van der Waals surface area contributed by atoms with E-state index >= 15 is 0 Å². The van der Waals surface area contributed by atoms with Crippen LogP contribution in [0.15, 0.2) is 27.8 Å². The van der Waals surface area contributed by atoms with Gasteiger partial charge in [0.1, 0.15) is 0 Å². The number of ether oxygens (including phenoxy) is 1. The summed E-state index contributed by atoms with van der Waals surface area (Å²) in [5.41, 5.74) is 7.43. The Balaban J connectivity index is 2.46. The van der Waals surface area contributed by atoms with E-state index in [2.05, 4.69) is 32.9 Å². The summed E-state index contributed by atoms with van der Waals surface area (Å²) in [6.45, 7) is 4.26. The molecule has 0 spiro atoms. The second-order valence-corrected chi connectivity index (χ2v) is 5.09. The van der Waals surface area contributed by atoms with Crippen molar-refractivity contribution in [1.82, 2.24) is 0 Å². The van der Waals surface area contributed by atoms with Crippen LogP contribution >= 0.6 is 15.9 Å². The molecule has 0 saturated carbocycles. The van der Waals surface area contributed by atoms with Crippen molar-refractivity contribution in [3.63, 3.8) is 0 Å². The van der Waals surface area contributed by atoms with E-state index in [0.717, 1.165) is 16.7 Å². The SMILES string of the molecule is CC1COCCN1c1cccc(Br)c1/C(N)=N/O. The minimum atomic E-state index is 0.108. The molecule has 1 aliphatic rings. The lowest BCUT2D eigenvalue weighted by Gasteiger charge is -2.36. The van der Waals surface area contributed by atoms with E-state index in [1.807, 2.05) is 18.2 Å². The average molecular weight is 314 g/mol. The Morgan fingerprint density at radius 3 is 3.06 bits per heavy atom. The molecule has 1 fully saturated rings. The third kappa shape index (κ3) is 2.44. The van der Waals surface area contributed by atoms with E-state index in [-0.39, 0.29) is 11.9 Å². The monoisotopic (exact) mass is 313 g/mol. The summed E-state index contributed by atoms with van der Waals surface area (Å²) < 4.78 is 6.24. The van der Waals surface area contributed by atoms with Crippen LogP contribution in [0.4, 0.5) is 5.69 Å². The molecule has 0 radical (unpaired) electrons. The van der Waals surface area contributed by atoms with E-state index < -0.39 is 0 Å². The van der Waals surface area contributed by atoms with Gasteiger partial charge in [0.05, 0.1) is 18.8 Å². The van der Waals surface area contributed by atoms with Crippen molar-refractivity contribution in [3.8, 4) is 0 Å². The third-order valence-electron chi connectivity index (χ3n) is 3.03. The summed E-state index contributed by atoms with van der Waals surface area (Å²) in [5.74, 6) is 0.108. The molecule has 1 heterocycles. The van der Waals surface area contributed by atoms with E-state index in [1.54, 1.807) is 0 Å². The van der Waals surface area contributed by atoms with Crippen LogP contribution in [0, 0.1) is 0 Å². The summed E-state index contributed by atoms with van der Waals surface area (Å²) in [6.07, 6.45) is 0. The van der Waals surface area contributed by atoms with Crippen LogP contribution < -0.4 is 10.6 Å². The first-order valence-electron chi connectivity index (χ1n) is 5.76. The number of benzene rings is 1. The van der Waals surface area contributed by atoms with E-state index in [0.29, 0.717) is 18.8 Å². The van der Waals surface area contributed by atoms with Crippen molar-refractivity contribution >= 4 is 27.5 Å². The molecule has 5 nitrogen and oxygen atoms in total. The summed E-state index contributed by atoms with van der Waals surface area (Å²) in [7, 11) is 0. The van der Waals surface area contributed by atoms with Gasteiger partial charge in [0.15, 0.2) is 5.84 Å². The van der Waals surface area contributed by atoms with Crippen molar-refractivity contribution in [2.24, 2.45) is 10.9 Å². The highest BCUT2D eigenvalue weighted by Gasteiger charge is 2.23. The van der Waals surface area contributed by atoms with E-state index in [4.69, 9.17) is 15.7 Å². The summed E-state index contributed by atoms with van der Waals surface area (Å²) in [6, 6.07) is 6.05. The molecule has 0 aromatic heterocycles. The second kappa shape index (κ2) is 5.58. The summed E-state index contributed by atoms with van der Waals surface area (Å²) in [5, 5.41) is 12.0. The first-order chi connectivity index (χ1) is 8.65. The van der Waals surface area contributed by atoms with Crippen molar-refractivity contribution < 1.29 is 9.94 Å². The highest BCUT2D eigenvalue weighted by molar-refractivity contribution is 9.10. The zero-order chi connectivity index (χ0) is 13.1. The van der Waals surface area contributed by atoms with Gasteiger partial charge in [-0.1, -0.05) is 11.2 Å². The van der Waals surface area contributed by atoms with Gasteiger partial charge in [-0.25, -0.2) is 0 Å². The number of rotatable bonds is 2. The molecular weight excluding hydrogens is 298 g/mol. The zero-order valence-electron chi connectivity index (χ0n) is 10.1. The van der Waals surface area contributed by atoms with Gasteiger partial charge < -0.3 is 20.6 Å². The lowest BCUT2D eigenvalue weighted by molar-refractivity contribution is 0.0989. The Morgan fingerprint density at radius 2 is 2.39 bits per heavy atom. The van der Waals surface area contributed by atoms with Crippen molar-refractivity contribution in [2.45, 2.75) is 13.0 Å². The highest BCUT2D eigenvalue weighted by Crippen LogP contribution is 2.29. The van der Waals surface area contributed by atoms with E-state index in [1.165, 1.54) is 0 Å². The van der Waals surface area contributed by atoms with Gasteiger partial charge >= 0.3 is 0 Å². The Kier molecular flexibility index (Phi) is 4.08. The highest BCUT2D eigenvalue weighted by atomic mass is 79.9. The van der Waals surface area contributed by atoms with Gasteiger partial charge in [0.2, 0.25) is 0 Å². The van der Waals surface area contributed by atoms with Gasteiger partial charge in [0.25, 0.3) is 0 Å². The Hall–Kier alpha value is -1.27. The Bertz CT molecular complexity index is 465. The third-order valence-corrected chi connectivity index (χ3v) is 3.69. The van der Waals surface area contributed by atoms with Crippen LogP contribution in [0.25, 0.3) is 0 Å². The van der Waals surface area contributed by atoms with Crippen LogP contribution in [-0.2, 0) is 4.74 Å². The van der Waals surface area contributed by atoms with E-state index in [9.17, 15) is 0 Å². The molecule has 0 bridgehead atoms. The second-order valence-electron chi connectivity index (χ2n) is 4.24. The molecule has 3 N–H and O–H groups in total. The number of hydrogen-bond acceptors (Lipinski definition) is 4. The number of nitrogens with zero attached hydrogens (tertiary/aromatic N) is 2. The topological polar surface area (TPSA) is 71.1 Å². The predicted octanol–water partition coefficient (Wildman–Crippen LogP) is 1.77. The fourth-order valence-electron chi connectivity index (χ4n) is 2.14. The van der Waals surface area contributed by atoms with Crippen LogP contribution in [0.5, 0.6) is 0 Å². The smallest absolute Gasteiger partial charge is 0.173 e. The molecule has 1 aliphatic heterocycles. The molecule has 98 valence electrons. The molecule has 2 rings (SSSR count). The molecule has 0 aliphatic carbocycles. The van der Waals surface area contributed by atoms with Crippen LogP contribution in [-0.4, -0.2) is 36.8 Å². The number of amidine groups is 1. The maximum absolute atomic E-state index is 8.90. The largest absolute Gasteiger partial charge is 0.409 e. The minimum absolute atomic E-state index is 0.108. The number of halogens is 1. The van der Waals surface area contributed by atoms with Gasteiger partial charge in [-0.3, -0.25) is 0 Å². The number of hydrogen-bond donors (Lipinski definition) is 2. The van der Waals surface area contributed by atoms with Crippen LogP contribution in [0.2, 0.25) is 0 Å². The first-order valence-corrected chi connectivity index (χ1v) is 6.55. The molecule has 1 atom stereocenters. The standard InChI is InChI=1S/C12H16BrN3O2/c1-8-7-18-6-5-16(8)10-4-2-3-9(13)11(10)12(14)15-17/h2-4,8,17H,5-7H2,1H3,(H2,14,15). The lowest BCUT2D eigenvalue weighted by Crippen LogP contribution is -2.44. The molecule has 1 saturated heterocycles.